The lowest BCUT2D eigenvalue weighted by Crippen LogP contribution is -2.16. The van der Waals surface area contributed by atoms with Gasteiger partial charge in [-0.25, -0.2) is 14.8 Å². The number of fused-ring (bicyclic) bond motifs is 1. The molecule has 2 aromatic carbocycles. The molecule has 0 fully saturated rings. The molecule has 1 N–H and O–H groups in total. The van der Waals surface area contributed by atoms with Crippen molar-refractivity contribution in [1.82, 2.24) is 9.97 Å². The first kappa shape index (κ1) is 19.3. The molecule has 4 rings (SSSR count). The number of carbonyl (C=O) groups excluding carboxylic acids is 2. The summed E-state index contributed by atoms with van der Waals surface area (Å²) in [5.74, 6) is -0.312. The van der Waals surface area contributed by atoms with Gasteiger partial charge in [0, 0.05) is 11.3 Å². The van der Waals surface area contributed by atoms with Crippen LogP contribution in [0.25, 0.3) is 22.6 Å². The standard InChI is InChI=1S/C23H19N3O4/c1-3-29-23(28)17-12-13-19(24-14(17)2)21(27)25-16-10-8-15(9-11-16)22-26-18-6-4-5-7-20(18)30-22/h4-13H,3H2,1-2H3,(H,25,27). The summed E-state index contributed by atoms with van der Waals surface area (Å²) in [7, 11) is 0. The number of pyridine rings is 1. The number of rotatable bonds is 5. The van der Waals surface area contributed by atoms with Crippen LogP contribution in [0.15, 0.2) is 65.1 Å². The predicted octanol–water partition coefficient (Wildman–Crippen LogP) is 4.63. The topological polar surface area (TPSA) is 94.3 Å². The van der Waals surface area contributed by atoms with Crippen LogP contribution in [0.3, 0.4) is 0 Å². The van der Waals surface area contributed by atoms with E-state index in [1.54, 1.807) is 32.0 Å². The molecular weight excluding hydrogens is 382 g/mol. The molecule has 7 heteroatoms. The Morgan fingerprint density at radius 2 is 1.77 bits per heavy atom. The Morgan fingerprint density at radius 3 is 2.47 bits per heavy atom. The third kappa shape index (κ3) is 3.91. The minimum atomic E-state index is -0.454. The van der Waals surface area contributed by atoms with Crippen molar-refractivity contribution in [1.29, 1.82) is 0 Å². The van der Waals surface area contributed by atoms with Crippen molar-refractivity contribution < 1.29 is 18.7 Å². The van der Waals surface area contributed by atoms with Crippen LogP contribution in [0.2, 0.25) is 0 Å². The Kier molecular flexibility index (Phi) is 5.26. The average molecular weight is 401 g/mol. The van der Waals surface area contributed by atoms with E-state index in [1.165, 1.54) is 6.07 Å². The number of nitrogens with one attached hydrogen (secondary N) is 1. The second kappa shape index (κ2) is 8.16. The number of para-hydroxylation sites is 2. The highest BCUT2D eigenvalue weighted by Crippen LogP contribution is 2.25. The van der Waals surface area contributed by atoms with E-state index in [4.69, 9.17) is 9.15 Å². The van der Waals surface area contributed by atoms with Gasteiger partial charge in [-0.15, -0.1) is 0 Å². The Balaban J connectivity index is 1.48. The number of hydrogen-bond donors (Lipinski definition) is 1. The van der Waals surface area contributed by atoms with Gasteiger partial charge in [0.15, 0.2) is 5.58 Å². The Bertz CT molecular complexity index is 1200. The summed E-state index contributed by atoms with van der Waals surface area (Å²) in [6, 6.07) is 17.8. The first-order chi connectivity index (χ1) is 14.5. The maximum Gasteiger partial charge on any atom is 0.339 e. The number of oxazole rings is 1. The third-order valence-corrected chi connectivity index (χ3v) is 4.50. The fraction of sp³-hybridized carbons (Fsp3) is 0.130. The average Bonchev–Trinajstić information content (AvgIpc) is 3.18. The molecule has 7 nitrogen and oxygen atoms in total. The van der Waals surface area contributed by atoms with Crippen LogP contribution in [-0.2, 0) is 4.74 Å². The van der Waals surface area contributed by atoms with Gasteiger partial charge in [0.1, 0.15) is 11.2 Å². The molecule has 0 saturated heterocycles. The second-order valence-electron chi connectivity index (χ2n) is 6.57. The zero-order valence-corrected chi connectivity index (χ0v) is 16.5. The minimum Gasteiger partial charge on any atom is -0.462 e. The summed E-state index contributed by atoms with van der Waals surface area (Å²) in [4.78, 5) is 33.1. The summed E-state index contributed by atoms with van der Waals surface area (Å²) in [5.41, 5.74) is 3.91. The summed E-state index contributed by atoms with van der Waals surface area (Å²) in [6.45, 7) is 3.68. The van der Waals surface area contributed by atoms with E-state index >= 15 is 0 Å². The number of esters is 1. The predicted molar refractivity (Wildman–Crippen MR) is 112 cm³/mol. The van der Waals surface area contributed by atoms with Crippen LogP contribution >= 0.6 is 0 Å². The van der Waals surface area contributed by atoms with E-state index < -0.39 is 5.97 Å². The van der Waals surface area contributed by atoms with Gasteiger partial charge in [0.05, 0.1) is 17.9 Å². The molecule has 0 saturated carbocycles. The number of amides is 1. The third-order valence-electron chi connectivity index (χ3n) is 4.50. The normalized spacial score (nSPS) is 10.7. The smallest absolute Gasteiger partial charge is 0.339 e. The number of anilines is 1. The first-order valence-corrected chi connectivity index (χ1v) is 9.47. The maximum atomic E-state index is 12.5. The molecule has 2 aromatic heterocycles. The van der Waals surface area contributed by atoms with E-state index in [9.17, 15) is 9.59 Å². The molecule has 0 radical (unpaired) electrons. The monoisotopic (exact) mass is 401 g/mol. The summed E-state index contributed by atoms with van der Waals surface area (Å²) in [5, 5.41) is 2.80. The van der Waals surface area contributed by atoms with Gasteiger partial charge >= 0.3 is 5.97 Å². The quantitative estimate of drug-likeness (QED) is 0.490. The number of aryl methyl sites for hydroxylation is 1. The van der Waals surface area contributed by atoms with Crippen molar-refractivity contribution in [3.05, 3.63) is 77.6 Å². The second-order valence-corrected chi connectivity index (χ2v) is 6.57. The van der Waals surface area contributed by atoms with Gasteiger partial charge in [-0.2, -0.15) is 0 Å². The largest absolute Gasteiger partial charge is 0.462 e. The van der Waals surface area contributed by atoms with Gasteiger partial charge in [-0.3, -0.25) is 4.79 Å². The van der Waals surface area contributed by atoms with Crippen molar-refractivity contribution in [3.63, 3.8) is 0 Å². The summed E-state index contributed by atoms with van der Waals surface area (Å²) >= 11 is 0. The van der Waals surface area contributed by atoms with Gasteiger partial charge in [-0.05, 0) is 62.4 Å². The molecular formula is C23H19N3O4. The van der Waals surface area contributed by atoms with E-state index in [1.807, 2.05) is 36.4 Å². The lowest BCUT2D eigenvalue weighted by molar-refractivity contribution is 0.0524. The summed E-state index contributed by atoms with van der Waals surface area (Å²) in [6.07, 6.45) is 0. The molecule has 0 bridgehead atoms. The number of carbonyl (C=O) groups is 2. The molecule has 0 aliphatic rings. The van der Waals surface area contributed by atoms with E-state index in [2.05, 4.69) is 15.3 Å². The molecule has 0 aliphatic heterocycles. The molecule has 150 valence electrons. The summed E-state index contributed by atoms with van der Waals surface area (Å²) < 4.78 is 10.7. The lowest BCUT2D eigenvalue weighted by Gasteiger charge is -2.08. The van der Waals surface area contributed by atoms with Crippen molar-refractivity contribution in [3.8, 4) is 11.5 Å². The first-order valence-electron chi connectivity index (χ1n) is 9.47. The zero-order valence-electron chi connectivity index (χ0n) is 16.5. The van der Waals surface area contributed by atoms with Crippen LogP contribution in [-0.4, -0.2) is 28.5 Å². The number of ether oxygens (including phenoxy) is 1. The molecule has 0 atom stereocenters. The highest BCUT2D eigenvalue weighted by Gasteiger charge is 2.15. The number of nitrogens with zero attached hydrogens (tertiary/aromatic N) is 2. The molecule has 0 spiro atoms. The Labute approximate surface area is 172 Å². The Morgan fingerprint density at radius 1 is 1.00 bits per heavy atom. The SMILES string of the molecule is CCOC(=O)c1ccc(C(=O)Nc2ccc(-c3nc4ccccc4o3)cc2)nc1C. The number of benzene rings is 2. The van der Waals surface area contributed by atoms with Crippen LogP contribution in [0.1, 0.15) is 33.5 Å². The van der Waals surface area contributed by atoms with Crippen molar-refractivity contribution >= 4 is 28.7 Å². The molecule has 1 amide bonds. The number of hydrogen-bond acceptors (Lipinski definition) is 6. The fourth-order valence-electron chi connectivity index (χ4n) is 3.00. The van der Waals surface area contributed by atoms with Crippen LogP contribution < -0.4 is 5.32 Å². The lowest BCUT2D eigenvalue weighted by atomic mass is 10.1. The maximum absolute atomic E-state index is 12.5. The van der Waals surface area contributed by atoms with Crippen LogP contribution in [0.5, 0.6) is 0 Å². The van der Waals surface area contributed by atoms with Gasteiger partial charge in [0.2, 0.25) is 5.89 Å². The van der Waals surface area contributed by atoms with Crippen molar-refractivity contribution in [2.24, 2.45) is 0 Å². The highest BCUT2D eigenvalue weighted by atomic mass is 16.5. The molecule has 4 aromatic rings. The van der Waals surface area contributed by atoms with Crippen LogP contribution in [0, 0.1) is 6.92 Å². The molecule has 0 unspecified atom stereocenters. The van der Waals surface area contributed by atoms with Gasteiger partial charge in [0.25, 0.3) is 5.91 Å². The van der Waals surface area contributed by atoms with E-state index in [0.29, 0.717) is 22.8 Å². The zero-order chi connectivity index (χ0) is 21.1. The number of aromatic nitrogens is 2. The molecule has 30 heavy (non-hydrogen) atoms. The van der Waals surface area contributed by atoms with E-state index in [-0.39, 0.29) is 18.2 Å². The van der Waals surface area contributed by atoms with Crippen molar-refractivity contribution in [2.45, 2.75) is 13.8 Å². The van der Waals surface area contributed by atoms with Crippen molar-refractivity contribution in [2.75, 3.05) is 11.9 Å². The Hall–Kier alpha value is -4.00. The van der Waals surface area contributed by atoms with Gasteiger partial charge < -0.3 is 14.5 Å². The van der Waals surface area contributed by atoms with E-state index in [0.717, 1.165) is 16.7 Å². The fourth-order valence-corrected chi connectivity index (χ4v) is 3.00. The van der Waals surface area contributed by atoms with Gasteiger partial charge in [-0.1, -0.05) is 12.1 Å². The highest BCUT2D eigenvalue weighted by molar-refractivity contribution is 6.03. The minimum absolute atomic E-state index is 0.212. The molecule has 2 heterocycles. The molecule has 0 aliphatic carbocycles. The van der Waals surface area contributed by atoms with Crippen LogP contribution in [0.4, 0.5) is 5.69 Å².